The summed E-state index contributed by atoms with van der Waals surface area (Å²) in [6.45, 7) is -0.191. The molecule has 1 fully saturated rings. The lowest BCUT2D eigenvalue weighted by Gasteiger charge is -2.04. The lowest BCUT2D eigenvalue weighted by Crippen LogP contribution is -2.20. The summed E-state index contributed by atoms with van der Waals surface area (Å²) >= 11 is 1.27. The smallest absolute Gasteiger partial charge is 0.264 e. The third-order valence-electron chi connectivity index (χ3n) is 3.17. The summed E-state index contributed by atoms with van der Waals surface area (Å²) in [5, 5.41) is 3.27. The summed E-state index contributed by atoms with van der Waals surface area (Å²) in [7, 11) is 0. The SMILES string of the molecule is NC(=O)COc1cccc(C=C2SC(=Nc3ccccc3)NC2=O)c1. The van der Waals surface area contributed by atoms with Gasteiger partial charge in [0.2, 0.25) is 0 Å². The highest BCUT2D eigenvalue weighted by Crippen LogP contribution is 2.28. The van der Waals surface area contributed by atoms with E-state index in [0.717, 1.165) is 11.3 Å². The Kier molecular flexibility index (Phi) is 5.15. The van der Waals surface area contributed by atoms with Crippen molar-refractivity contribution in [1.82, 2.24) is 5.32 Å². The average Bonchev–Trinajstić information content (AvgIpc) is 2.93. The van der Waals surface area contributed by atoms with Crippen molar-refractivity contribution in [1.29, 1.82) is 0 Å². The number of ether oxygens (including phenoxy) is 1. The van der Waals surface area contributed by atoms with Gasteiger partial charge < -0.3 is 15.8 Å². The molecule has 1 heterocycles. The number of benzene rings is 2. The maximum absolute atomic E-state index is 12.1. The molecule has 2 amide bonds. The molecule has 0 radical (unpaired) electrons. The number of carbonyl (C=O) groups excluding carboxylic acids is 2. The molecule has 25 heavy (non-hydrogen) atoms. The van der Waals surface area contributed by atoms with Crippen LogP contribution in [-0.4, -0.2) is 23.6 Å². The molecule has 2 aromatic carbocycles. The molecule has 3 N–H and O–H groups in total. The quantitative estimate of drug-likeness (QED) is 0.807. The molecule has 0 aromatic heterocycles. The maximum Gasteiger partial charge on any atom is 0.264 e. The van der Waals surface area contributed by atoms with Crippen LogP contribution in [0.3, 0.4) is 0 Å². The molecule has 3 rings (SSSR count). The number of para-hydroxylation sites is 1. The highest BCUT2D eigenvalue weighted by molar-refractivity contribution is 8.18. The van der Waals surface area contributed by atoms with Gasteiger partial charge in [-0.3, -0.25) is 9.59 Å². The molecule has 0 spiro atoms. The van der Waals surface area contributed by atoms with Crippen LogP contribution in [-0.2, 0) is 9.59 Å². The van der Waals surface area contributed by atoms with Gasteiger partial charge in [0.05, 0.1) is 10.6 Å². The Morgan fingerprint density at radius 1 is 1.20 bits per heavy atom. The van der Waals surface area contributed by atoms with Gasteiger partial charge in [0.1, 0.15) is 5.75 Å². The van der Waals surface area contributed by atoms with Crippen molar-refractivity contribution < 1.29 is 14.3 Å². The third-order valence-corrected chi connectivity index (χ3v) is 4.08. The molecular weight excluding hydrogens is 338 g/mol. The van der Waals surface area contributed by atoms with Crippen molar-refractivity contribution in [2.75, 3.05) is 6.61 Å². The number of aliphatic imine (C=N–C) groups is 1. The van der Waals surface area contributed by atoms with E-state index >= 15 is 0 Å². The largest absolute Gasteiger partial charge is 0.484 e. The highest BCUT2D eigenvalue weighted by atomic mass is 32.2. The molecule has 1 saturated heterocycles. The first-order chi connectivity index (χ1) is 12.1. The van der Waals surface area contributed by atoms with E-state index < -0.39 is 5.91 Å². The van der Waals surface area contributed by atoms with Crippen LogP contribution < -0.4 is 15.8 Å². The molecule has 1 aliphatic heterocycles. The second-order valence-electron chi connectivity index (χ2n) is 5.14. The number of hydrogen-bond donors (Lipinski definition) is 2. The predicted molar refractivity (Wildman–Crippen MR) is 98.4 cm³/mol. The van der Waals surface area contributed by atoms with E-state index in [-0.39, 0.29) is 12.5 Å². The van der Waals surface area contributed by atoms with E-state index in [4.69, 9.17) is 10.5 Å². The molecular formula is C18H15N3O3S. The second kappa shape index (κ2) is 7.67. The zero-order valence-corrected chi connectivity index (χ0v) is 14.0. The zero-order chi connectivity index (χ0) is 17.6. The molecule has 1 aliphatic rings. The lowest BCUT2D eigenvalue weighted by atomic mass is 10.2. The Morgan fingerprint density at radius 2 is 2.00 bits per heavy atom. The summed E-state index contributed by atoms with van der Waals surface area (Å²) in [6, 6.07) is 16.5. The Balaban J connectivity index is 1.75. The van der Waals surface area contributed by atoms with Gasteiger partial charge in [0.25, 0.3) is 11.8 Å². The number of amidine groups is 1. The number of nitrogens with zero attached hydrogens (tertiary/aromatic N) is 1. The van der Waals surface area contributed by atoms with Crippen LogP contribution in [0.2, 0.25) is 0 Å². The molecule has 7 heteroatoms. The minimum Gasteiger partial charge on any atom is -0.484 e. The highest BCUT2D eigenvalue weighted by Gasteiger charge is 2.23. The number of hydrogen-bond acceptors (Lipinski definition) is 5. The van der Waals surface area contributed by atoms with E-state index in [1.807, 2.05) is 36.4 Å². The van der Waals surface area contributed by atoms with E-state index in [0.29, 0.717) is 15.8 Å². The summed E-state index contributed by atoms with van der Waals surface area (Å²) in [5.41, 5.74) is 6.61. The first-order valence-corrected chi connectivity index (χ1v) is 8.27. The predicted octanol–water partition coefficient (Wildman–Crippen LogP) is 2.44. The summed E-state index contributed by atoms with van der Waals surface area (Å²) in [5.74, 6) is -0.242. The van der Waals surface area contributed by atoms with Gasteiger partial charge in [0, 0.05) is 0 Å². The fourth-order valence-corrected chi connectivity index (χ4v) is 2.94. The Labute approximate surface area is 148 Å². The minimum atomic E-state index is -0.545. The van der Waals surface area contributed by atoms with Crippen molar-refractivity contribution in [2.45, 2.75) is 0 Å². The summed E-state index contributed by atoms with van der Waals surface area (Å²) < 4.78 is 5.26. The van der Waals surface area contributed by atoms with E-state index in [9.17, 15) is 9.59 Å². The molecule has 126 valence electrons. The number of amides is 2. The van der Waals surface area contributed by atoms with Gasteiger partial charge >= 0.3 is 0 Å². The van der Waals surface area contributed by atoms with Crippen LogP contribution in [0.5, 0.6) is 5.75 Å². The van der Waals surface area contributed by atoms with Crippen molar-refractivity contribution in [3.8, 4) is 5.75 Å². The van der Waals surface area contributed by atoms with E-state index in [1.54, 1.807) is 24.3 Å². The number of rotatable bonds is 5. The molecule has 0 atom stereocenters. The minimum absolute atomic E-state index is 0.191. The number of thioether (sulfide) groups is 1. The van der Waals surface area contributed by atoms with Gasteiger partial charge in [-0.1, -0.05) is 30.3 Å². The van der Waals surface area contributed by atoms with Crippen molar-refractivity contribution in [2.24, 2.45) is 10.7 Å². The Bertz CT molecular complexity index is 863. The number of nitrogens with one attached hydrogen (secondary N) is 1. The average molecular weight is 353 g/mol. The number of nitrogens with two attached hydrogens (primary N) is 1. The molecule has 0 unspecified atom stereocenters. The van der Waals surface area contributed by atoms with Crippen LogP contribution >= 0.6 is 11.8 Å². The van der Waals surface area contributed by atoms with Gasteiger partial charge in [-0.05, 0) is 47.7 Å². The van der Waals surface area contributed by atoms with Crippen molar-refractivity contribution >= 4 is 40.5 Å². The van der Waals surface area contributed by atoms with E-state index in [2.05, 4.69) is 10.3 Å². The standard InChI is InChI=1S/C18H15N3O3S/c19-16(22)11-24-14-8-4-5-12(9-14)10-15-17(23)21-18(25-15)20-13-6-2-1-3-7-13/h1-10H,11H2,(H2,19,22)(H,20,21,23). The normalized spacial score (nSPS) is 16.9. The zero-order valence-electron chi connectivity index (χ0n) is 13.1. The fourth-order valence-electron chi connectivity index (χ4n) is 2.10. The molecule has 2 aromatic rings. The monoisotopic (exact) mass is 353 g/mol. The number of carbonyl (C=O) groups is 2. The molecule has 6 nitrogen and oxygen atoms in total. The van der Waals surface area contributed by atoms with Crippen LogP contribution in [0, 0.1) is 0 Å². The Morgan fingerprint density at radius 3 is 2.76 bits per heavy atom. The fraction of sp³-hybridized carbons (Fsp3) is 0.0556. The van der Waals surface area contributed by atoms with Crippen LogP contribution in [0.1, 0.15) is 5.56 Å². The van der Waals surface area contributed by atoms with Gasteiger partial charge in [-0.25, -0.2) is 4.99 Å². The van der Waals surface area contributed by atoms with Crippen LogP contribution in [0.25, 0.3) is 6.08 Å². The molecule has 0 aliphatic carbocycles. The topological polar surface area (TPSA) is 93.8 Å². The van der Waals surface area contributed by atoms with Gasteiger partial charge in [-0.15, -0.1) is 0 Å². The lowest BCUT2D eigenvalue weighted by molar-refractivity contribution is -0.120. The number of primary amides is 1. The van der Waals surface area contributed by atoms with Crippen molar-refractivity contribution in [3.63, 3.8) is 0 Å². The maximum atomic E-state index is 12.1. The van der Waals surface area contributed by atoms with Gasteiger partial charge in [-0.2, -0.15) is 0 Å². The van der Waals surface area contributed by atoms with Crippen LogP contribution in [0.4, 0.5) is 5.69 Å². The van der Waals surface area contributed by atoms with Crippen molar-refractivity contribution in [3.05, 3.63) is 65.1 Å². The first-order valence-electron chi connectivity index (χ1n) is 7.46. The summed E-state index contributed by atoms with van der Waals surface area (Å²) in [4.78, 5) is 27.8. The summed E-state index contributed by atoms with van der Waals surface area (Å²) in [6.07, 6.45) is 1.74. The van der Waals surface area contributed by atoms with E-state index in [1.165, 1.54) is 11.8 Å². The van der Waals surface area contributed by atoms with Gasteiger partial charge in [0.15, 0.2) is 11.8 Å². The second-order valence-corrected chi connectivity index (χ2v) is 6.18. The Hall–Kier alpha value is -3.06. The molecule has 0 bridgehead atoms. The molecule has 0 saturated carbocycles. The first kappa shape index (κ1) is 16.8. The van der Waals surface area contributed by atoms with Crippen LogP contribution in [0.15, 0.2) is 64.5 Å². The third kappa shape index (κ3) is 4.71.